The first-order chi connectivity index (χ1) is 11.0. The topological polar surface area (TPSA) is 58.6 Å². The molecule has 0 bridgehead atoms. The predicted molar refractivity (Wildman–Crippen MR) is 88.7 cm³/mol. The van der Waals surface area contributed by atoms with Crippen LogP contribution in [0.3, 0.4) is 0 Å². The summed E-state index contributed by atoms with van der Waals surface area (Å²) in [6.07, 6.45) is -0.408. The van der Waals surface area contributed by atoms with Crippen LogP contribution in [0.2, 0.25) is 0 Å². The average molecular weight is 310 g/mol. The molecular formula is C18H18N2O3. The van der Waals surface area contributed by atoms with Crippen LogP contribution in [0.1, 0.15) is 15.9 Å². The van der Waals surface area contributed by atoms with Crippen LogP contribution in [0.25, 0.3) is 0 Å². The van der Waals surface area contributed by atoms with E-state index in [9.17, 15) is 9.59 Å². The highest BCUT2D eigenvalue weighted by atomic mass is 16.5. The summed E-state index contributed by atoms with van der Waals surface area (Å²) in [5.74, 6) is -0.764. The first-order valence-electron chi connectivity index (χ1n) is 7.42. The van der Waals surface area contributed by atoms with Crippen LogP contribution in [0.5, 0.6) is 0 Å². The summed E-state index contributed by atoms with van der Waals surface area (Å²) in [6.45, 7) is 0. The van der Waals surface area contributed by atoms with Gasteiger partial charge < -0.3 is 15.0 Å². The van der Waals surface area contributed by atoms with Crippen LogP contribution in [0.4, 0.5) is 11.4 Å². The normalized spacial score (nSPS) is 16.3. The van der Waals surface area contributed by atoms with E-state index in [2.05, 4.69) is 5.32 Å². The van der Waals surface area contributed by atoms with Crippen molar-refractivity contribution in [3.05, 3.63) is 59.7 Å². The lowest BCUT2D eigenvalue weighted by Crippen LogP contribution is -2.37. The molecule has 118 valence electrons. The van der Waals surface area contributed by atoms with Gasteiger partial charge in [-0.05, 0) is 35.9 Å². The number of cyclic esters (lactones) is 1. The Morgan fingerprint density at radius 3 is 2.52 bits per heavy atom. The third-order valence-corrected chi connectivity index (χ3v) is 3.84. The van der Waals surface area contributed by atoms with Gasteiger partial charge >= 0.3 is 5.97 Å². The molecule has 1 aliphatic heterocycles. The van der Waals surface area contributed by atoms with E-state index < -0.39 is 12.1 Å². The molecule has 0 aliphatic carbocycles. The summed E-state index contributed by atoms with van der Waals surface area (Å²) in [7, 11) is 3.90. The lowest BCUT2D eigenvalue weighted by Gasteiger charge is -2.23. The first-order valence-corrected chi connectivity index (χ1v) is 7.42. The van der Waals surface area contributed by atoms with Crippen molar-refractivity contribution in [2.24, 2.45) is 0 Å². The summed E-state index contributed by atoms with van der Waals surface area (Å²) < 4.78 is 5.25. The summed E-state index contributed by atoms with van der Waals surface area (Å²) in [5.41, 5.74) is 3.09. The fourth-order valence-corrected chi connectivity index (χ4v) is 2.54. The Bertz CT molecular complexity index is 738. The Morgan fingerprint density at radius 2 is 1.83 bits per heavy atom. The van der Waals surface area contributed by atoms with Crippen LogP contribution >= 0.6 is 0 Å². The van der Waals surface area contributed by atoms with Gasteiger partial charge in [0.25, 0.3) is 5.91 Å². The molecule has 1 aliphatic rings. The van der Waals surface area contributed by atoms with Gasteiger partial charge in [0.2, 0.25) is 0 Å². The Kier molecular flexibility index (Phi) is 4.02. The minimum absolute atomic E-state index is 0.314. The number of ether oxygens (including phenoxy) is 1. The molecule has 0 unspecified atom stereocenters. The molecule has 5 nitrogen and oxygen atoms in total. The number of carbonyl (C=O) groups excluding carboxylic acids is 2. The zero-order valence-corrected chi connectivity index (χ0v) is 13.1. The molecule has 1 heterocycles. The second-order valence-corrected chi connectivity index (χ2v) is 5.69. The summed E-state index contributed by atoms with van der Waals surface area (Å²) in [4.78, 5) is 26.3. The molecule has 0 radical (unpaired) electrons. The lowest BCUT2D eigenvalue weighted by molar-refractivity contribution is -0.125. The van der Waals surface area contributed by atoms with Crippen molar-refractivity contribution in [1.29, 1.82) is 0 Å². The largest absolute Gasteiger partial charge is 0.448 e. The number of esters is 1. The highest BCUT2D eigenvalue weighted by molar-refractivity contribution is 6.00. The number of hydrogen-bond acceptors (Lipinski definition) is 4. The number of nitrogens with zero attached hydrogens (tertiary/aromatic N) is 1. The molecule has 0 spiro atoms. The minimum Gasteiger partial charge on any atom is -0.448 e. The quantitative estimate of drug-likeness (QED) is 0.885. The molecule has 23 heavy (non-hydrogen) atoms. The summed E-state index contributed by atoms with van der Waals surface area (Å²) >= 11 is 0. The fourth-order valence-electron chi connectivity index (χ4n) is 2.54. The highest BCUT2D eigenvalue weighted by Crippen LogP contribution is 2.22. The molecule has 0 saturated heterocycles. The molecule has 1 amide bonds. The third-order valence-electron chi connectivity index (χ3n) is 3.84. The van der Waals surface area contributed by atoms with Crippen molar-refractivity contribution >= 4 is 23.3 Å². The second-order valence-electron chi connectivity index (χ2n) is 5.69. The van der Waals surface area contributed by atoms with Crippen molar-refractivity contribution in [2.75, 3.05) is 24.3 Å². The number of rotatable bonds is 3. The standard InChI is InChI=1S/C18H18N2O3/c1-20(2)14-9-7-13(8-10-14)19-17(21)16-11-12-5-3-4-6-15(12)18(22)23-16/h3-10,16H,11H2,1-2H3,(H,19,21)/t16-/m0/s1. The first kappa shape index (κ1) is 15.1. The zero-order chi connectivity index (χ0) is 16.4. The SMILES string of the molecule is CN(C)c1ccc(NC(=O)[C@@H]2Cc3ccccc3C(=O)O2)cc1. The molecule has 0 aromatic heterocycles. The van der Waals surface area contributed by atoms with Gasteiger partial charge in [-0.3, -0.25) is 4.79 Å². The number of carbonyl (C=O) groups is 2. The van der Waals surface area contributed by atoms with Gasteiger partial charge in [-0.2, -0.15) is 0 Å². The molecule has 1 atom stereocenters. The Hall–Kier alpha value is -2.82. The molecular weight excluding hydrogens is 292 g/mol. The van der Waals surface area contributed by atoms with E-state index in [0.717, 1.165) is 11.3 Å². The van der Waals surface area contributed by atoms with E-state index in [1.165, 1.54) is 0 Å². The Morgan fingerprint density at radius 1 is 1.13 bits per heavy atom. The third kappa shape index (κ3) is 3.18. The lowest BCUT2D eigenvalue weighted by atomic mass is 9.98. The number of benzene rings is 2. The van der Waals surface area contributed by atoms with Crippen molar-refractivity contribution in [1.82, 2.24) is 0 Å². The highest BCUT2D eigenvalue weighted by Gasteiger charge is 2.30. The number of hydrogen-bond donors (Lipinski definition) is 1. The van der Waals surface area contributed by atoms with E-state index in [0.29, 0.717) is 17.7 Å². The zero-order valence-electron chi connectivity index (χ0n) is 13.1. The maximum absolute atomic E-state index is 12.3. The smallest absolute Gasteiger partial charge is 0.339 e. The van der Waals surface area contributed by atoms with Gasteiger partial charge in [-0.25, -0.2) is 4.79 Å². The van der Waals surface area contributed by atoms with E-state index in [1.54, 1.807) is 12.1 Å². The molecule has 2 aromatic carbocycles. The molecule has 2 aromatic rings. The minimum atomic E-state index is -0.800. The van der Waals surface area contributed by atoms with Crippen molar-refractivity contribution in [2.45, 2.75) is 12.5 Å². The molecule has 5 heteroatoms. The van der Waals surface area contributed by atoms with Gasteiger partial charge in [-0.15, -0.1) is 0 Å². The molecule has 1 N–H and O–H groups in total. The number of fused-ring (bicyclic) bond motifs is 1. The Balaban J connectivity index is 1.71. The van der Waals surface area contributed by atoms with Gasteiger partial charge in [-0.1, -0.05) is 18.2 Å². The van der Waals surface area contributed by atoms with Crippen molar-refractivity contribution < 1.29 is 14.3 Å². The van der Waals surface area contributed by atoms with Crippen molar-refractivity contribution in [3.63, 3.8) is 0 Å². The number of nitrogens with one attached hydrogen (secondary N) is 1. The maximum atomic E-state index is 12.3. The van der Waals surface area contributed by atoms with Gasteiger partial charge in [0.1, 0.15) is 0 Å². The van der Waals surface area contributed by atoms with Crippen LogP contribution in [0.15, 0.2) is 48.5 Å². The molecule has 0 saturated carbocycles. The van der Waals surface area contributed by atoms with Gasteiger partial charge in [0.15, 0.2) is 6.10 Å². The summed E-state index contributed by atoms with van der Waals surface area (Å²) in [5, 5.41) is 2.79. The predicted octanol–water partition coefficient (Wildman–Crippen LogP) is 2.47. The van der Waals surface area contributed by atoms with Gasteiger partial charge in [0, 0.05) is 31.9 Å². The Labute approximate surface area is 134 Å². The van der Waals surface area contributed by atoms with Crippen LogP contribution < -0.4 is 10.2 Å². The van der Waals surface area contributed by atoms with Crippen LogP contribution in [0, 0.1) is 0 Å². The van der Waals surface area contributed by atoms with E-state index in [4.69, 9.17) is 4.74 Å². The van der Waals surface area contributed by atoms with E-state index in [-0.39, 0.29) is 5.91 Å². The molecule has 3 rings (SSSR count). The summed E-state index contributed by atoms with van der Waals surface area (Å²) in [6, 6.07) is 14.7. The van der Waals surface area contributed by atoms with E-state index >= 15 is 0 Å². The fraction of sp³-hybridized carbons (Fsp3) is 0.222. The second kappa shape index (κ2) is 6.12. The maximum Gasteiger partial charge on any atom is 0.339 e. The number of anilines is 2. The number of amides is 1. The van der Waals surface area contributed by atoms with E-state index in [1.807, 2.05) is 55.4 Å². The molecule has 0 fully saturated rings. The van der Waals surface area contributed by atoms with Crippen molar-refractivity contribution in [3.8, 4) is 0 Å². The van der Waals surface area contributed by atoms with Gasteiger partial charge in [0.05, 0.1) is 5.56 Å². The van der Waals surface area contributed by atoms with Crippen LogP contribution in [-0.2, 0) is 16.0 Å². The van der Waals surface area contributed by atoms with Crippen LogP contribution in [-0.4, -0.2) is 32.1 Å². The average Bonchev–Trinajstić information content (AvgIpc) is 2.55. The monoisotopic (exact) mass is 310 g/mol.